The van der Waals surface area contributed by atoms with Gasteiger partial charge in [-0.05, 0) is 72.8 Å². The molecule has 174 valence electrons. The Morgan fingerprint density at radius 3 is 1.00 bits per heavy atom. The van der Waals surface area contributed by atoms with Gasteiger partial charge >= 0.3 is 24.2 Å². The fraction of sp³-hybridized carbons (Fsp3) is 0.0833. The lowest BCUT2D eigenvalue weighted by Crippen LogP contribution is -2.10. The molecule has 0 spiro atoms. The first-order chi connectivity index (χ1) is 16.4. The number of methoxy groups -OCH3 is 2. The van der Waals surface area contributed by atoms with Crippen LogP contribution in [-0.2, 0) is 9.47 Å². The van der Waals surface area contributed by atoms with Gasteiger partial charge in [-0.2, -0.15) is 0 Å². The number of hydrogen-bond acceptors (Lipinski definition) is 10. The molecule has 3 aromatic rings. The van der Waals surface area contributed by atoms with Crippen LogP contribution in [0.1, 0.15) is 20.7 Å². The van der Waals surface area contributed by atoms with Crippen molar-refractivity contribution in [1.29, 1.82) is 0 Å². The maximum atomic E-state index is 12.3. The summed E-state index contributed by atoms with van der Waals surface area (Å²) in [6.07, 6.45) is -1.75. The van der Waals surface area contributed by atoms with Crippen LogP contribution in [-0.4, -0.2) is 38.5 Å². The standard InChI is InChI=1S/C24H18O10/c1-29-23(27)33-19-7-3-15(4-8-19)21(25)31-17-11-13-18(14-12-17)32-22(26)16-5-9-20(10-6-16)34-24(28)30-2/h3-14H,1-2H3. The van der Waals surface area contributed by atoms with Crippen LogP contribution < -0.4 is 18.9 Å². The molecule has 0 unspecified atom stereocenters. The van der Waals surface area contributed by atoms with Gasteiger partial charge in [0.05, 0.1) is 25.3 Å². The average Bonchev–Trinajstić information content (AvgIpc) is 2.85. The van der Waals surface area contributed by atoms with Gasteiger partial charge in [-0.25, -0.2) is 19.2 Å². The summed E-state index contributed by atoms with van der Waals surface area (Å²) in [7, 11) is 2.36. The number of ether oxygens (including phenoxy) is 6. The van der Waals surface area contributed by atoms with Crippen LogP contribution in [0.25, 0.3) is 0 Å². The van der Waals surface area contributed by atoms with Crippen molar-refractivity contribution in [1.82, 2.24) is 0 Å². The predicted molar refractivity (Wildman–Crippen MR) is 115 cm³/mol. The number of benzene rings is 3. The fourth-order valence-corrected chi connectivity index (χ4v) is 2.50. The lowest BCUT2D eigenvalue weighted by molar-refractivity contribution is 0.0719. The summed E-state index contributed by atoms with van der Waals surface area (Å²) in [6, 6.07) is 17.2. The van der Waals surface area contributed by atoms with Crippen molar-refractivity contribution in [3.63, 3.8) is 0 Å². The highest BCUT2D eigenvalue weighted by Gasteiger charge is 2.13. The quantitative estimate of drug-likeness (QED) is 0.293. The molecule has 10 nitrogen and oxygen atoms in total. The minimum Gasteiger partial charge on any atom is -0.437 e. The summed E-state index contributed by atoms with van der Waals surface area (Å²) in [5, 5.41) is 0. The monoisotopic (exact) mass is 466 g/mol. The SMILES string of the molecule is COC(=O)Oc1ccc(C(=O)Oc2ccc(OC(=O)c3ccc(OC(=O)OC)cc3)cc2)cc1. The molecule has 0 fully saturated rings. The highest BCUT2D eigenvalue weighted by molar-refractivity contribution is 5.92. The number of esters is 2. The fourth-order valence-electron chi connectivity index (χ4n) is 2.50. The summed E-state index contributed by atoms with van der Waals surface area (Å²) >= 11 is 0. The first-order valence-corrected chi connectivity index (χ1v) is 9.64. The molecule has 0 aliphatic carbocycles. The first kappa shape index (κ1) is 23.8. The molecule has 0 radical (unpaired) electrons. The van der Waals surface area contributed by atoms with E-state index in [1.165, 1.54) is 87.0 Å². The van der Waals surface area contributed by atoms with Gasteiger partial charge in [0.1, 0.15) is 23.0 Å². The Morgan fingerprint density at radius 2 is 0.706 bits per heavy atom. The molecule has 10 heteroatoms. The number of rotatable bonds is 6. The van der Waals surface area contributed by atoms with Crippen LogP contribution in [0.4, 0.5) is 9.59 Å². The minimum absolute atomic E-state index is 0.209. The van der Waals surface area contributed by atoms with E-state index >= 15 is 0 Å². The van der Waals surface area contributed by atoms with Crippen LogP contribution in [0.3, 0.4) is 0 Å². The van der Waals surface area contributed by atoms with Crippen LogP contribution in [0.5, 0.6) is 23.0 Å². The molecule has 0 aliphatic rings. The van der Waals surface area contributed by atoms with Crippen molar-refractivity contribution in [3.8, 4) is 23.0 Å². The zero-order chi connectivity index (χ0) is 24.5. The van der Waals surface area contributed by atoms with Gasteiger partial charge in [-0.1, -0.05) is 0 Å². The lowest BCUT2D eigenvalue weighted by atomic mass is 10.2. The predicted octanol–water partition coefficient (Wildman–Crippen LogP) is 4.42. The van der Waals surface area contributed by atoms with E-state index in [4.69, 9.17) is 18.9 Å². The Kier molecular flexibility index (Phi) is 7.79. The largest absolute Gasteiger partial charge is 0.513 e. The molecule has 34 heavy (non-hydrogen) atoms. The van der Waals surface area contributed by atoms with Crippen molar-refractivity contribution >= 4 is 24.2 Å². The van der Waals surface area contributed by atoms with Gasteiger partial charge in [0.25, 0.3) is 0 Å². The zero-order valence-corrected chi connectivity index (χ0v) is 18.0. The number of hydrogen-bond donors (Lipinski definition) is 0. The number of carbonyl (C=O) groups is 4. The van der Waals surface area contributed by atoms with Crippen molar-refractivity contribution in [2.75, 3.05) is 14.2 Å². The smallest absolute Gasteiger partial charge is 0.437 e. The molecule has 0 amide bonds. The summed E-state index contributed by atoms with van der Waals surface area (Å²) < 4.78 is 29.0. The lowest BCUT2D eigenvalue weighted by Gasteiger charge is -2.08. The molecule has 0 saturated heterocycles. The third-order valence-corrected chi connectivity index (χ3v) is 4.16. The summed E-state index contributed by atoms with van der Waals surface area (Å²) in [4.78, 5) is 46.7. The van der Waals surface area contributed by atoms with Crippen molar-refractivity contribution in [2.45, 2.75) is 0 Å². The second-order valence-electron chi connectivity index (χ2n) is 6.41. The van der Waals surface area contributed by atoms with Gasteiger partial charge in [0.2, 0.25) is 0 Å². The van der Waals surface area contributed by atoms with Crippen LogP contribution in [0, 0.1) is 0 Å². The Bertz CT molecular complexity index is 1070. The summed E-state index contributed by atoms with van der Waals surface area (Å²) in [5.41, 5.74) is 0.458. The summed E-state index contributed by atoms with van der Waals surface area (Å²) in [5.74, 6) is -0.402. The van der Waals surface area contributed by atoms with Gasteiger partial charge in [0, 0.05) is 0 Å². The van der Waals surface area contributed by atoms with Gasteiger partial charge in [-0.3, -0.25) is 0 Å². The van der Waals surface area contributed by atoms with E-state index in [-0.39, 0.29) is 34.1 Å². The molecule has 0 bridgehead atoms. The van der Waals surface area contributed by atoms with E-state index in [2.05, 4.69) is 9.47 Å². The van der Waals surface area contributed by atoms with Gasteiger partial charge < -0.3 is 28.4 Å². The molecule has 0 atom stereocenters. The van der Waals surface area contributed by atoms with Gasteiger partial charge in [-0.15, -0.1) is 0 Å². The summed E-state index contributed by atoms with van der Waals surface area (Å²) in [6.45, 7) is 0. The molecule has 0 N–H and O–H groups in total. The molecular formula is C24H18O10. The maximum absolute atomic E-state index is 12.3. The van der Waals surface area contributed by atoms with Crippen molar-refractivity contribution < 1.29 is 47.6 Å². The van der Waals surface area contributed by atoms with Crippen LogP contribution >= 0.6 is 0 Å². The van der Waals surface area contributed by atoms with E-state index in [1.54, 1.807) is 0 Å². The van der Waals surface area contributed by atoms with Gasteiger partial charge in [0.15, 0.2) is 0 Å². The van der Waals surface area contributed by atoms with E-state index in [1.807, 2.05) is 0 Å². The minimum atomic E-state index is -0.874. The zero-order valence-electron chi connectivity index (χ0n) is 18.0. The normalized spacial score (nSPS) is 9.94. The second-order valence-corrected chi connectivity index (χ2v) is 6.41. The molecule has 0 heterocycles. The highest BCUT2D eigenvalue weighted by atomic mass is 16.7. The van der Waals surface area contributed by atoms with E-state index in [0.717, 1.165) is 0 Å². The Morgan fingerprint density at radius 1 is 0.441 bits per heavy atom. The van der Waals surface area contributed by atoms with E-state index < -0.39 is 24.2 Å². The van der Waals surface area contributed by atoms with Crippen molar-refractivity contribution in [3.05, 3.63) is 83.9 Å². The molecule has 0 aromatic heterocycles. The second kappa shape index (κ2) is 11.1. The molecule has 3 aromatic carbocycles. The van der Waals surface area contributed by atoms with E-state index in [9.17, 15) is 19.2 Å². The van der Waals surface area contributed by atoms with Crippen LogP contribution in [0.15, 0.2) is 72.8 Å². The molecule has 3 rings (SSSR count). The number of carbonyl (C=O) groups excluding carboxylic acids is 4. The Balaban J connectivity index is 1.55. The Hall–Kier alpha value is -4.86. The molecule has 0 saturated carbocycles. The van der Waals surface area contributed by atoms with Crippen molar-refractivity contribution in [2.24, 2.45) is 0 Å². The molecular weight excluding hydrogens is 448 g/mol. The molecule has 0 aliphatic heterocycles. The van der Waals surface area contributed by atoms with E-state index in [0.29, 0.717) is 0 Å². The Labute approximate surface area is 193 Å². The first-order valence-electron chi connectivity index (χ1n) is 9.64. The van der Waals surface area contributed by atoms with Crippen LogP contribution in [0.2, 0.25) is 0 Å². The topological polar surface area (TPSA) is 124 Å². The third kappa shape index (κ3) is 6.57. The highest BCUT2D eigenvalue weighted by Crippen LogP contribution is 2.21. The third-order valence-electron chi connectivity index (χ3n) is 4.16. The maximum Gasteiger partial charge on any atom is 0.513 e. The average molecular weight is 466 g/mol.